The summed E-state index contributed by atoms with van der Waals surface area (Å²) in [7, 11) is 3.23. The minimum absolute atomic E-state index is 0.0626. The number of hydrogen-bond donors (Lipinski definition) is 1. The Kier molecular flexibility index (Phi) is 5.17. The van der Waals surface area contributed by atoms with Gasteiger partial charge in [0, 0.05) is 53.9 Å². The smallest absolute Gasteiger partial charge is 0.164 e. The molecule has 3 aromatic rings. The highest BCUT2D eigenvalue weighted by Gasteiger charge is 2.41. The lowest BCUT2D eigenvalue weighted by atomic mass is 9.89. The Bertz CT molecular complexity index is 1310. The maximum Gasteiger partial charge on any atom is 0.164 e. The molecule has 0 saturated heterocycles. The van der Waals surface area contributed by atoms with Crippen LogP contribution in [0.4, 0.5) is 4.39 Å². The Morgan fingerprint density at radius 1 is 1.15 bits per heavy atom. The van der Waals surface area contributed by atoms with Gasteiger partial charge in [0.05, 0.1) is 20.1 Å². The van der Waals surface area contributed by atoms with Gasteiger partial charge in [-0.15, -0.1) is 0 Å². The number of rotatable bonds is 5. The Morgan fingerprint density at radius 2 is 2.00 bits per heavy atom. The van der Waals surface area contributed by atoms with Crippen molar-refractivity contribution in [2.75, 3.05) is 40.5 Å². The number of oxime groups is 1. The maximum atomic E-state index is 13.8. The molecule has 0 spiro atoms. The first kappa shape index (κ1) is 21.0. The molecule has 0 fully saturated rings. The van der Waals surface area contributed by atoms with Crippen molar-refractivity contribution in [3.05, 3.63) is 59.5 Å². The fraction of sp³-hybridized carbons (Fsp3) is 0.346. The molecule has 3 aliphatic heterocycles. The molecule has 3 aliphatic rings. The first-order valence-corrected chi connectivity index (χ1v) is 11.5. The molecule has 0 amide bonds. The van der Waals surface area contributed by atoms with E-state index >= 15 is 0 Å². The van der Waals surface area contributed by atoms with Crippen LogP contribution in [0.15, 0.2) is 47.8 Å². The van der Waals surface area contributed by atoms with Crippen LogP contribution in [0.25, 0.3) is 16.5 Å². The van der Waals surface area contributed by atoms with Crippen LogP contribution in [-0.4, -0.2) is 62.2 Å². The minimum Gasteiger partial charge on any atom is -0.493 e. The second kappa shape index (κ2) is 8.36. The van der Waals surface area contributed by atoms with Gasteiger partial charge in [-0.1, -0.05) is 11.2 Å². The van der Waals surface area contributed by atoms with Crippen molar-refractivity contribution in [1.82, 2.24) is 9.88 Å². The van der Waals surface area contributed by atoms with E-state index in [-0.39, 0.29) is 17.8 Å². The normalized spacial score (nSPS) is 21.7. The average Bonchev–Trinajstić information content (AvgIpc) is 3.47. The lowest BCUT2D eigenvalue weighted by Gasteiger charge is -2.31. The number of aromatic nitrogens is 1. The minimum atomic E-state index is -0.215. The van der Waals surface area contributed by atoms with Crippen LogP contribution in [-0.2, 0) is 4.84 Å². The van der Waals surface area contributed by atoms with Crippen molar-refractivity contribution in [3.63, 3.8) is 0 Å². The Labute approximate surface area is 196 Å². The van der Waals surface area contributed by atoms with Gasteiger partial charge in [-0.3, -0.25) is 4.90 Å². The van der Waals surface area contributed by atoms with Gasteiger partial charge in [-0.05, 0) is 36.3 Å². The average molecular weight is 464 g/mol. The summed E-state index contributed by atoms with van der Waals surface area (Å²) in [5.74, 6) is 1.85. The third kappa shape index (κ3) is 3.49. The summed E-state index contributed by atoms with van der Waals surface area (Å²) in [4.78, 5) is 11.5. The lowest BCUT2D eigenvalue weighted by Crippen LogP contribution is -2.42. The molecule has 4 heterocycles. The highest BCUT2D eigenvalue weighted by Crippen LogP contribution is 2.41. The number of nitrogens with zero attached hydrogens (tertiary/aromatic N) is 2. The van der Waals surface area contributed by atoms with E-state index in [4.69, 9.17) is 19.0 Å². The van der Waals surface area contributed by atoms with E-state index < -0.39 is 0 Å². The summed E-state index contributed by atoms with van der Waals surface area (Å²) in [6, 6.07) is 8.62. The van der Waals surface area contributed by atoms with E-state index in [9.17, 15) is 4.39 Å². The summed E-state index contributed by atoms with van der Waals surface area (Å²) in [5.41, 5.74) is 5.08. The maximum absolute atomic E-state index is 13.8. The third-order valence-electron chi connectivity index (χ3n) is 6.99. The van der Waals surface area contributed by atoms with Crippen molar-refractivity contribution >= 4 is 22.2 Å². The van der Waals surface area contributed by atoms with Crippen LogP contribution in [0.5, 0.6) is 17.2 Å². The summed E-state index contributed by atoms with van der Waals surface area (Å²) in [6.45, 7) is 2.98. The number of hydrogen-bond acceptors (Lipinski definition) is 6. The van der Waals surface area contributed by atoms with Crippen molar-refractivity contribution in [2.24, 2.45) is 11.1 Å². The first-order valence-electron chi connectivity index (χ1n) is 11.5. The molecule has 0 aliphatic carbocycles. The van der Waals surface area contributed by atoms with Crippen molar-refractivity contribution in [2.45, 2.75) is 12.5 Å². The molecule has 0 bridgehead atoms. The van der Waals surface area contributed by atoms with Crippen LogP contribution in [0.2, 0.25) is 0 Å². The molecule has 0 radical (unpaired) electrons. The molecule has 7 nitrogen and oxygen atoms in total. The van der Waals surface area contributed by atoms with E-state index in [2.05, 4.69) is 21.1 Å². The number of aromatic amines is 1. The van der Waals surface area contributed by atoms with Crippen molar-refractivity contribution in [1.29, 1.82) is 0 Å². The van der Waals surface area contributed by atoms with Crippen molar-refractivity contribution in [3.8, 4) is 17.2 Å². The lowest BCUT2D eigenvalue weighted by molar-refractivity contribution is 0.0236. The predicted octanol–water partition coefficient (Wildman–Crippen LogP) is 4.23. The Hall–Kier alpha value is -3.52. The van der Waals surface area contributed by atoms with Gasteiger partial charge in [0.15, 0.2) is 17.6 Å². The van der Waals surface area contributed by atoms with Crippen molar-refractivity contribution < 1.29 is 23.4 Å². The summed E-state index contributed by atoms with van der Waals surface area (Å²) < 4.78 is 30.7. The van der Waals surface area contributed by atoms with Gasteiger partial charge >= 0.3 is 0 Å². The number of halogens is 1. The second-order valence-electron chi connectivity index (χ2n) is 8.87. The van der Waals surface area contributed by atoms with Gasteiger partial charge in [-0.2, -0.15) is 0 Å². The molecule has 0 saturated carbocycles. The van der Waals surface area contributed by atoms with E-state index in [0.29, 0.717) is 18.1 Å². The quantitative estimate of drug-likeness (QED) is 0.614. The van der Waals surface area contributed by atoms with E-state index in [1.165, 1.54) is 11.6 Å². The number of benzene rings is 2. The number of fused-ring (bicyclic) bond motifs is 4. The largest absolute Gasteiger partial charge is 0.493 e. The molecule has 8 heteroatoms. The number of nitrogens with one attached hydrogen (secondary N) is 1. The van der Waals surface area contributed by atoms with Gasteiger partial charge in [-0.25, -0.2) is 4.39 Å². The molecule has 34 heavy (non-hydrogen) atoms. The van der Waals surface area contributed by atoms with E-state index in [0.717, 1.165) is 59.5 Å². The van der Waals surface area contributed by atoms with Crippen LogP contribution < -0.4 is 14.2 Å². The fourth-order valence-electron chi connectivity index (χ4n) is 5.13. The second-order valence-corrected chi connectivity index (χ2v) is 8.87. The number of ether oxygens (including phenoxy) is 3. The number of H-pyrrole nitrogens is 1. The van der Waals surface area contributed by atoms with E-state index in [1.54, 1.807) is 26.4 Å². The molecular formula is C26H26FN3O4. The fourth-order valence-corrected chi connectivity index (χ4v) is 5.13. The Morgan fingerprint density at radius 3 is 2.79 bits per heavy atom. The zero-order valence-electron chi connectivity index (χ0n) is 19.1. The van der Waals surface area contributed by atoms with Gasteiger partial charge in [0.25, 0.3) is 0 Å². The highest BCUT2D eigenvalue weighted by atomic mass is 19.1. The van der Waals surface area contributed by atoms with Gasteiger partial charge in [0.2, 0.25) is 0 Å². The molecule has 176 valence electrons. The van der Waals surface area contributed by atoms with Crippen LogP contribution in [0, 0.1) is 11.7 Å². The molecular weight excluding hydrogens is 437 g/mol. The first-order chi connectivity index (χ1) is 16.6. The summed E-state index contributed by atoms with van der Waals surface area (Å²) >= 11 is 0. The molecule has 2 aromatic carbocycles. The summed E-state index contributed by atoms with van der Waals surface area (Å²) in [6.07, 6.45) is 5.03. The number of methoxy groups -OCH3 is 2. The van der Waals surface area contributed by atoms with E-state index in [1.807, 2.05) is 18.3 Å². The van der Waals surface area contributed by atoms with Crippen LogP contribution in [0.3, 0.4) is 0 Å². The van der Waals surface area contributed by atoms with Crippen LogP contribution in [0.1, 0.15) is 17.5 Å². The van der Waals surface area contributed by atoms with Crippen LogP contribution >= 0.6 is 0 Å². The standard InChI is InChI=1S/C26H26FN3O4/c1-31-23-10-18-22(11-24(23)32-2)33-14-20-25(34-29-26(18)20)13-30-7-5-15(6-8-30)19-12-28-21-4-3-16(27)9-17(19)21/h3-5,9-12,20,25,28H,6-8,13-14H2,1-2H3. The molecule has 1 N–H and O–H groups in total. The predicted molar refractivity (Wildman–Crippen MR) is 127 cm³/mol. The summed E-state index contributed by atoms with van der Waals surface area (Å²) in [5, 5.41) is 5.37. The zero-order valence-corrected chi connectivity index (χ0v) is 19.1. The van der Waals surface area contributed by atoms with Gasteiger partial charge < -0.3 is 24.0 Å². The zero-order chi connectivity index (χ0) is 23.2. The third-order valence-corrected chi connectivity index (χ3v) is 6.99. The SMILES string of the molecule is COc1cc2c(cc1OC)C1=NOC(CN3CC=C(c4c[nH]c5ccc(F)cc45)CC3)C1CO2. The highest BCUT2D eigenvalue weighted by molar-refractivity contribution is 6.06. The van der Waals surface area contributed by atoms with Gasteiger partial charge in [0.1, 0.15) is 23.9 Å². The molecule has 6 rings (SSSR count). The topological polar surface area (TPSA) is 68.3 Å². The molecule has 2 atom stereocenters. The monoisotopic (exact) mass is 463 g/mol. The molecule has 2 unspecified atom stereocenters. The Balaban J connectivity index is 1.15. The molecule has 1 aromatic heterocycles.